The van der Waals surface area contributed by atoms with Crippen LogP contribution in [0.15, 0.2) is 24.4 Å². The molecule has 2 aliphatic heterocycles. The van der Waals surface area contributed by atoms with Crippen molar-refractivity contribution in [3.05, 3.63) is 41.2 Å². The summed E-state index contributed by atoms with van der Waals surface area (Å²) in [5, 5.41) is 9.16. The molecule has 0 bridgehead atoms. The van der Waals surface area contributed by atoms with E-state index in [1.807, 2.05) is 32.0 Å². The zero-order chi connectivity index (χ0) is 21.1. The van der Waals surface area contributed by atoms with Crippen molar-refractivity contribution in [2.75, 3.05) is 37.7 Å². The Kier molecular flexibility index (Phi) is 6.03. The van der Waals surface area contributed by atoms with E-state index < -0.39 is 0 Å². The van der Waals surface area contributed by atoms with Crippen LogP contribution in [0.2, 0.25) is 0 Å². The number of rotatable bonds is 7. The minimum absolute atomic E-state index is 0.0387. The number of hydrogen-bond donors (Lipinski definition) is 1. The molecule has 8 nitrogen and oxygen atoms in total. The molecule has 0 unspecified atom stereocenters. The summed E-state index contributed by atoms with van der Waals surface area (Å²) in [6, 6.07) is 5.66. The molecule has 160 valence electrons. The number of β-amino-alcohol motifs (C(OH)–C–C–N with tert-alkyl or cyclic N) is 1. The maximum Gasteiger partial charge on any atom is 0.256 e. The lowest BCUT2D eigenvalue weighted by Gasteiger charge is -2.33. The smallest absolute Gasteiger partial charge is 0.256 e. The van der Waals surface area contributed by atoms with Crippen LogP contribution in [-0.2, 0) is 6.54 Å². The molecule has 0 spiro atoms. The summed E-state index contributed by atoms with van der Waals surface area (Å²) in [6.07, 6.45) is 3.62. The number of amides is 1. The van der Waals surface area contributed by atoms with Gasteiger partial charge in [0.2, 0.25) is 5.88 Å². The summed E-state index contributed by atoms with van der Waals surface area (Å²) in [4.78, 5) is 25.4. The van der Waals surface area contributed by atoms with Crippen molar-refractivity contribution in [3.8, 4) is 11.6 Å². The van der Waals surface area contributed by atoms with Crippen LogP contribution in [0.3, 0.4) is 0 Å². The summed E-state index contributed by atoms with van der Waals surface area (Å²) in [5.74, 6) is 2.26. The van der Waals surface area contributed by atoms with Gasteiger partial charge in [-0.1, -0.05) is 0 Å². The third-order valence-electron chi connectivity index (χ3n) is 5.54. The molecule has 1 amide bonds. The summed E-state index contributed by atoms with van der Waals surface area (Å²) in [6.45, 7) is 6.97. The molecule has 30 heavy (non-hydrogen) atoms. The van der Waals surface area contributed by atoms with Crippen molar-refractivity contribution in [1.82, 2.24) is 14.9 Å². The van der Waals surface area contributed by atoms with Crippen LogP contribution in [0.25, 0.3) is 0 Å². The molecule has 8 heteroatoms. The Morgan fingerprint density at radius 2 is 2.07 bits per heavy atom. The van der Waals surface area contributed by atoms with Gasteiger partial charge in [0, 0.05) is 38.5 Å². The lowest BCUT2D eigenvalue weighted by Crippen LogP contribution is -2.39. The van der Waals surface area contributed by atoms with Crippen LogP contribution in [-0.4, -0.2) is 64.8 Å². The summed E-state index contributed by atoms with van der Waals surface area (Å²) in [7, 11) is 0. The van der Waals surface area contributed by atoms with E-state index in [0.717, 1.165) is 48.8 Å². The number of ether oxygens (including phenoxy) is 2. The van der Waals surface area contributed by atoms with Gasteiger partial charge in [0.1, 0.15) is 17.7 Å². The van der Waals surface area contributed by atoms with Crippen LogP contribution in [0.4, 0.5) is 5.82 Å². The van der Waals surface area contributed by atoms with E-state index in [-0.39, 0.29) is 18.6 Å². The lowest BCUT2D eigenvalue weighted by molar-refractivity contribution is 0.0745. The van der Waals surface area contributed by atoms with Crippen molar-refractivity contribution >= 4 is 11.7 Å². The van der Waals surface area contributed by atoms with Gasteiger partial charge in [0.05, 0.1) is 37.2 Å². The van der Waals surface area contributed by atoms with Gasteiger partial charge >= 0.3 is 0 Å². The lowest BCUT2D eigenvalue weighted by atomic mass is 10.1. The van der Waals surface area contributed by atoms with E-state index in [0.29, 0.717) is 31.1 Å². The Morgan fingerprint density at radius 1 is 1.27 bits per heavy atom. The van der Waals surface area contributed by atoms with E-state index in [1.54, 1.807) is 11.1 Å². The first-order valence-electron chi connectivity index (χ1n) is 10.5. The minimum atomic E-state index is -0.0442. The van der Waals surface area contributed by atoms with Crippen molar-refractivity contribution < 1.29 is 19.4 Å². The van der Waals surface area contributed by atoms with E-state index in [1.165, 1.54) is 0 Å². The molecule has 0 saturated carbocycles. The molecule has 0 atom stereocenters. The number of aliphatic hydroxyl groups is 1. The number of aromatic nitrogens is 2. The summed E-state index contributed by atoms with van der Waals surface area (Å²) >= 11 is 0. The topological polar surface area (TPSA) is 88.0 Å². The zero-order valence-corrected chi connectivity index (χ0v) is 17.5. The number of aryl methyl sites for hydroxylation is 1. The second-order valence-electron chi connectivity index (χ2n) is 7.64. The van der Waals surface area contributed by atoms with Crippen LogP contribution in [0.5, 0.6) is 11.6 Å². The molecular formula is C22H28N4O4. The second-order valence-corrected chi connectivity index (χ2v) is 7.64. The van der Waals surface area contributed by atoms with Crippen LogP contribution in [0.1, 0.15) is 41.4 Å². The Hall–Kier alpha value is -2.87. The highest BCUT2D eigenvalue weighted by atomic mass is 16.5. The Labute approximate surface area is 176 Å². The first-order chi connectivity index (χ1) is 14.6. The molecular weight excluding hydrogens is 384 g/mol. The largest absolute Gasteiger partial charge is 0.489 e. The van der Waals surface area contributed by atoms with Gasteiger partial charge < -0.3 is 24.4 Å². The van der Waals surface area contributed by atoms with Gasteiger partial charge in [-0.3, -0.25) is 4.79 Å². The number of carbonyl (C=O) groups is 1. The Morgan fingerprint density at radius 3 is 2.73 bits per heavy atom. The minimum Gasteiger partial charge on any atom is -0.489 e. The van der Waals surface area contributed by atoms with Crippen LogP contribution < -0.4 is 14.4 Å². The van der Waals surface area contributed by atoms with Gasteiger partial charge in [-0.2, -0.15) is 0 Å². The first kappa shape index (κ1) is 20.4. The quantitative estimate of drug-likeness (QED) is 0.746. The fraction of sp³-hybridized carbons (Fsp3) is 0.500. The maximum absolute atomic E-state index is 12.4. The number of aliphatic hydroxyl groups excluding tert-OH is 1. The third-order valence-corrected chi connectivity index (χ3v) is 5.54. The average molecular weight is 412 g/mol. The maximum atomic E-state index is 12.4. The fourth-order valence-corrected chi connectivity index (χ4v) is 4.04. The molecule has 2 aromatic heterocycles. The second kappa shape index (κ2) is 8.87. The standard InChI is InChI=1S/C22H28N4O4/c1-3-29-20-5-4-17(13-23-20)30-16-6-8-25(9-7-16)21-15(2)12-18-19(24-21)14-26(10-11-27)22(18)28/h4-5,12-13,16,27H,3,6-11,14H2,1-2H3. The molecule has 2 aliphatic rings. The highest BCUT2D eigenvalue weighted by molar-refractivity contribution is 5.98. The molecule has 0 aliphatic carbocycles. The fourth-order valence-electron chi connectivity index (χ4n) is 4.04. The summed E-state index contributed by atoms with van der Waals surface area (Å²) < 4.78 is 11.5. The number of nitrogens with zero attached hydrogens (tertiary/aromatic N) is 4. The first-order valence-corrected chi connectivity index (χ1v) is 10.5. The molecule has 4 rings (SSSR count). The molecule has 0 radical (unpaired) electrons. The Balaban J connectivity index is 1.38. The van der Waals surface area contributed by atoms with Crippen LogP contribution in [0, 0.1) is 6.92 Å². The van der Waals surface area contributed by atoms with Gasteiger partial charge in [-0.15, -0.1) is 0 Å². The highest BCUT2D eigenvalue weighted by Crippen LogP contribution is 2.29. The third kappa shape index (κ3) is 4.18. The highest BCUT2D eigenvalue weighted by Gasteiger charge is 2.31. The van der Waals surface area contributed by atoms with Gasteiger partial charge in [-0.25, -0.2) is 9.97 Å². The van der Waals surface area contributed by atoms with Crippen molar-refractivity contribution in [2.24, 2.45) is 0 Å². The number of piperidine rings is 1. The number of fused-ring (bicyclic) bond motifs is 1. The van der Waals surface area contributed by atoms with E-state index >= 15 is 0 Å². The predicted molar refractivity (Wildman–Crippen MR) is 112 cm³/mol. The number of carbonyl (C=O) groups excluding carboxylic acids is 1. The van der Waals surface area contributed by atoms with E-state index in [4.69, 9.17) is 19.6 Å². The van der Waals surface area contributed by atoms with Gasteiger partial charge in [0.25, 0.3) is 5.91 Å². The molecule has 1 N–H and O–H groups in total. The number of hydrogen-bond acceptors (Lipinski definition) is 7. The molecule has 0 aromatic carbocycles. The molecule has 2 aromatic rings. The molecule has 1 saturated heterocycles. The molecule has 4 heterocycles. The van der Waals surface area contributed by atoms with Crippen molar-refractivity contribution in [3.63, 3.8) is 0 Å². The van der Waals surface area contributed by atoms with E-state index in [2.05, 4.69) is 9.88 Å². The number of pyridine rings is 2. The van der Waals surface area contributed by atoms with Gasteiger partial charge in [0.15, 0.2) is 0 Å². The number of anilines is 1. The van der Waals surface area contributed by atoms with Crippen molar-refractivity contribution in [1.29, 1.82) is 0 Å². The van der Waals surface area contributed by atoms with Gasteiger partial charge in [-0.05, 0) is 31.5 Å². The molecule has 1 fully saturated rings. The average Bonchev–Trinajstić information content (AvgIpc) is 3.05. The SMILES string of the molecule is CCOc1ccc(OC2CCN(c3nc4c(cc3C)C(=O)N(CCO)C4)CC2)cn1. The summed E-state index contributed by atoms with van der Waals surface area (Å²) in [5.41, 5.74) is 2.46. The normalized spacial score (nSPS) is 16.7. The Bertz CT molecular complexity index is 895. The zero-order valence-electron chi connectivity index (χ0n) is 17.5. The van der Waals surface area contributed by atoms with E-state index in [9.17, 15) is 4.79 Å². The predicted octanol–water partition coefficient (Wildman–Crippen LogP) is 2.18. The monoisotopic (exact) mass is 412 g/mol. The van der Waals surface area contributed by atoms with Crippen LogP contribution >= 0.6 is 0 Å². The van der Waals surface area contributed by atoms with Crippen molar-refractivity contribution in [2.45, 2.75) is 39.3 Å².